The molecule has 0 amide bonds. The Labute approximate surface area is 135 Å². The summed E-state index contributed by atoms with van der Waals surface area (Å²) in [7, 11) is 0. The van der Waals surface area contributed by atoms with Crippen molar-refractivity contribution < 1.29 is 10.0 Å². The summed E-state index contributed by atoms with van der Waals surface area (Å²) in [6.07, 6.45) is 1.53. The average molecular weight is 320 g/mol. The fraction of sp³-hybridized carbons (Fsp3) is 0.533. The molecule has 1 fully saturated rings. The van der Waals surface area contributed by atoms with Crippen molar-refractivity contribution in [2.45, 2.75) is 39.5 Å². The van der Waals surface area contributed by atoms with Gasteiger partial charge in [0.15, 0.2) is 6.67 Å². The van der Waals surface area contributed by atoms with Crippen LogP contribution in [0.4, 0.5) is 0 Å². The van der Waals surface area contributed by atoms with Crippen molar-refractivity contribution in [2.75, 3.05) is 13.1 Å². The van der Waals surface area contributed by atoms with E-state index in [1.165, 1.54) is 16.0 Å². The van der Waals surface area contributed by atoms with Crippen LogP contribution in [0.25, 0.3) is 5.69 Å². The first-order valence-corrected chi connectivity index (χ1v) is 8.07. The second kappa shape index (κ2) is 6.28. The topological polar surface area (TPSA) is 60.3 Å². The Hall–Kier alpha value is -1.57. The van der Waals surface area contributed by atoms with Gasteiger partial charge in [-0.2, -0.15) is 9.36 Å². The number of nitrogens with zero attached hydrogens (tertiary/aromatic N) is 4. The van der Waals surface area contributed by atoms with Crippen molar-refractivity contribution in [1.29, 1.82) is 0 Å². The van der Waals surface area contributed by atoms with Gasteiger partial charge >= 0.3 is 0 Å². The lowest BCUT2D eigenvalue weighted by Crippen LogP contribution is -3.12. The molecule has 1 saturated heterocycles. The molecule has 0 unspecified atom stereocenters. The molecule has 1 aromatic carbocycles. The van der Waals surface area contributed by atoms with E-state index in [4.69, 9.17) is 12.2 Å². The number of rotatable bonds is 3. The third kappa shape index (κ3) is 3.26. The van der Waals surface area contributed by atoms with Gasteiger partial charge < -0.3 is 10.0 Å². The molecule has 118 valence electrons. The highest BCUT2D eigenvalue weighted by molar-refractivity contribution is 7.71. The molecule has 2 heterocycles. The van der Waals surface area contributed by atoms with Gasteiger partial charge in [0.1, 0.15) is 0 Å². The number of benzene rings is 1. The Morgan fingerprint density at radius 1 is 1.18 bits per heavy atom. The summed E-state index contributed by atoms with van der Waals surface area (Å²) in [4.78, 5) is 1.38. The lowest BCUT2D eigenvalue weighted by atomic mass is 10.1. The van der Waals surface area contributed by atoms with Gasteiger partial charge in [-0.25, -0.2) is 0 Å². The molecule has 22 heavy (non-hydrogen) atoms. The first-order valence-electron chi connectivity index (χ1n) is 7.66. The maximum absolute atomic E-state index is 9.58. The Kier molecular flexibility index (Phi) is 4.37. The zero-order chi connectivity index (χ0) is 15.7. The fourth-order valence-electron chi connectivity index (χ4n) is 2.99. The number of aromatic nitrogens is 4. The summed E-state index contributed by atoms with van der Waals surface area (Å²) in [5.74, 6) is 0. The molecule has 0 spiro atoms. The summed E-state index contributed by atoms with van der Waals surface area (Å²) in [6, 6.07) is 6.25. The lowest BCUT2D eigenvalue weighted by molar-refractivity contribution is -0.929. The van der Waals surface area contributed by atoms with Crippen LogP contribution in [0.1, 0.15) is 24.0 Å². The van der Waals surface area contributed by atoms with Crippen LogP contribution in [0.15, 0.2) is 18.2 Å². The molecule has 2 aromatic rings. The minimum Gasteiger partial charge on any atom is -0.393 e. The average Bonchev–Trinajstić information content (AvgIpc) is 2.82. The van der Waals surface area contributed by atoms with E-state index >= 15 is 0 Å². The minimum absolute atomic E-state index is 0.150. The van der Waals surface area contributed by atoms with Crippen molar-refractivity contribution in [3.63, 3.8) is 0 Å². The van der Waals surface area contributed by atoms with E-state index < -0.39 is 0 Å². The fourth-order valence-corrected chi connectivity index (χ4v) is 3.23. The van der Waals surface area contributed by atoms with E-state index in [0.717, 1.165) is 31.6 Å². The molecule has 1 aromatic heterocycles. The van der Waals surface area contributed by atoms with Gasteiger partial charge in [0.2, 0.25) is 4.77 Å². The number of aliphatic hydroxyl groups excluding tert-OH is 1. The van der Waals surface area contributed by atoms with Gasteiger partial charge in [0.05, 0.1) is 24.9 Å². The van der Waals surface area contributed by atoms with Crippen LogP contribution in [0, 0.1) is 18.6 Å². The van der Waals surface area contributed by atoms with Crippen LogP contribution in [0.3, 0.4) is 0 Å². The first-order chi connectivity index (χ1) is 10.5. The van der Waals surface area contributed by atoms with Crippen molar-refractivity contribution in [3.8, 4) is 5.69 Å². The maximum Gasteiger partial charge on any atom is 0.225 e. The van der Waals surface area contributed by atoms with Gasteiger partial charge in [0, 0.05) is 12.8 Å². The molecular formula is C15H22N5OS+. The molecule has 6 nitrogen and oxygen atoms in total. The van der Waals surface area contributed by atoms with Crippen molar-refractivity contribution in [2.24, 2.45) is 0 Å². The number of quaternary nitrogens is 1. The van der Waals surface area contributed by atoms with Gasteiger partial charge in [0.25, 0.3) is 0 Å². The number of tetrazole rings is 1. The minimum atomic E-state index is -0.150. The number of aliphatic hydroxyl groups is 1. The van der Waals surface area contributed by atoms with E-state index in [2.05, 4.69) is 42.5 Å². The summed E-state index contributed by atoms with van der Waals surface area (Å²) in [5.41, 5.74) is 3.32. The number of likely N-dealkylation sites (tertiary alicyclic amines) is 1. The smallest absolute Gasteiger partial charge is 0.225 e. The Morgan fingerprint density at radius 3 is 2.45 bits per heavy atom. The van der Waals surface area contributed by atoms with Gasteiger partial charge in [-0.05, 0) is 59.8 Å². The SMILES string of the molecule is Cc1cc(C)cc(-n2nnn(C[NH+]3CCC(O)CC3)c2=S)c1. The van der Waals surface area contributed by atoms with Crippen LogP contribution in [0.5, 0.6) is 0 Å². The third-order valence-corrected chi connectivity index (χ3v) is 4.51. The van der Waals surface area contributed by atoms with Crippen LogP contribution in [-0.4, -0.2) is 44.1 Å². The van der Waals surface area contributed by atoms with E-state index in [1.807, 2.05) is 0 Å². The molecule has 2 N–H and O–H groups in total. The normalized spacial score (nSPS) is 22.0. The molecule has 7 heteroatoms. The van der Waals surface area contributed by atoms with Crippen molar-refractivity contribution >= 4 is 12.2 Å². The van der Waals surface area contributed by atoms with Crippen LogP contribution in [0.2, 0.25) is 0 Å². The molecule has 0 atom stereocenters. The van der Waals surface area contributed by atoms with E-state index in [9.17, 15) is 5.11 Å². The maximum atomic E-state index is 9.58. The molecule has 0 bridgehead atoms. The molecule has 0 saturated carbocycles. The number of aryl methyl sites for hydroxylation is 2. The summed E-state index contributed by atoms with van der Waals surface area (Å²) in [6.45, 7) is 6.72. The summed E-state index contributed by atoms with van der Waals surface area (Å²) >= 11 is 5.52. The lowest BCUT2D eigenvalue weighted by Gasteiger charge is -2.25. The molecule has 0 aliphatic carbocycles. The molecule has 1 aliphatic heterocycles. The van der Waals surface area contributed by atoms with Crippen LogP contribution in [-0.2, 0) is 6.67 Å². The third-order valence-electron chi connectivity index (χ3n) is 4.13. The standard InChI is InChI=1S/C15H21N5OS/c1-11-7-12(2)9-13(8-11)20-15(22)19(16-17-20)10-18-5-3-14(21)4-6-18/h7-9,14,21H,3-6,10H2,1-2H3/p+1. The highest BCUT2D eigenvalue weighted by Gasteiger charge is 2.21. The number of piperidine rings is 1. The highest BCUT2D eigenvalue weighted by Crippen LogP contribution is 2.12. The van der Waals surface area contributed by atoms with Gasteiger partial charge in [-0.15, -0.1) is 0 Å². The monoisotopic (exact) mass is 320 g/mol. The van der Waals surface area contributed by atoms with Gasteiger partial charge in [-0.1, -0.05) is 6.07 Å². The molecular weight excluding hydrogens is 298 g/mol. The predicted molar refractivity (Wildman–Crippen MR) is 85.6 cm³/mol. The summed E-state index contributed by atoms with van der Waals surface area (Å²) in [5, 5.41) is 18.0. The largest absolute Gasteiger partial charge is 0.393 e. The van der Waals surface area contributed by atoms with Crippen LogP contribution >= 0.6 is 12.2 Å². The highest BCUT2D eigenvalue weighted by atomic mass is 32.1. The number of hydrogen-bond donors (Lipinski definition) is 2. The Balaban J connectivity index is 1.81. The van der Waals surface area contributed by atoms with E-state index in [-0.39, 0.29) is 6.10 Å². The zero-order valence-corrected chi connectivity index (χ0v) is 13.8. The molecule has 0 radical (unpaired) electrons. The number of hydrogen-bond acceptors (Lipinski definition) is 4. The quantitative estimate of drug-likeness (QED) is 0.805. The van der Waals surface area contributed by atoms with Crippen molar-refractivity contribution in [3.05, 3.63) is 34.1 Å². The first kappa shape index (κ1) is 15.3. The Morgan fingerprint density at radius 2 is 1.82 bits per heavy atom. The molecule has 3 rings (SSSR count). The predicted octanol–water partition coefficient (Wildman–Crippen LogP) is 0.412. The van der Waals surface area contributed by atoms with Crippen LogP contribution < -0.4 is 4.90 Å². The van der Waals surface area contributed by atoms with Crippen molar-refractivity contribution in [1.82, 2.24) is 19.8 Å². The zero-order valence-electron chi connectivity index (χ0n) is 13.0. The van der Waals surface area contributed by atoms with E-state index in [1.54, 1.807) is 9.36 Å². The molecule has 1 aliphatic rings. The second-order valence-electron chi connectivity index (χ2n) is 6.16. The Bertz CT molecular complexity index is 695. The summed E-state index contributed by atoms with van der Waals surface area (Å²) < 4.78 is 4.11. The second-order valence-corrected chi connectivity index (χ2v) is 6.52. The van der Waals surface area contributed by atoms with E-state index in [0.29, 0.717) is 11.4 Å². The number of nitrogens with one attached hydrogen (secondary N) is 1. The van der Waals surface area contributed by atoms with Gasteiger partial charge in [-0.3, -0.25) is 0 Å².